The number of carbonyl (C=O) groups excluding carboxylic acids is 2. The minimum Gasteiger partial charge on any atom is -0.493 e. The maximum atomic E-state index is 11.7. The molecule has 122 valence electrons. The average molecular weight is 335 g/mol. The number of hydrogen-bond acceptors (Lipinski definition) is 5. The molecule has 0 aliphatic rings. The molecule has 0 spiro atoms. The number of thiophene rings is 1. The topological polar surface area (TPSA) is 117 Å². The summed E-state index contributed by atoms with van der Waals surface area (Å²) in [4.78, 5) is 23.6. The normalized spacial score (nSPS) is 10.2. The van der Waals surface area contributed by atoms with Crippen LogP contribution < -0.4 is 26.3 Å². The molecule has 7 nitrogen and oxygen atoms in total. The van der Waals surface area contributed by atoms with Gasteiger partial charge in [0.25, 0.3) is 5.91 Å². The molecule has 0 bridgehead atoms. The lowest BCUT2D eigenvalue weighted by Gasteiger charge is -2.12. The minimum atomic E-state index is -0.766. The first-order valence-corrected chi connectivity index (χ1v) is 7.43. The van der Waals surface area contributed by atoms with E-state index in [1.54, 1.807) is 19.1 Å². The highest BCUT2D eigenvalue weighted by molar-refractivity contribution is 7.20. The lowest BCUT2D eigenvalue weighted by atomic mass is 10.0. The molecule has 0 saturated heterocycles. The smallest absolute Gasteiger partial charge is 0.317 e. The van der Waals surface area contributed by atoms with Gasteiger partial charge < -0.3 is 20.9 Å². The maximum absolute atomic E-state index is 11.7. The maximum Gasteiger partial charge on any atom is 0.317 e. The molecule has 0 atom stereocenters. The van der Waals surface area contributed by atoms with Gasteiger partial charge >= 0.3 is 6.03 Å². The summed E-state index contributed by atoms with van der Waals surface area (Å²) in [6.45, 7) is 1.75. The number of primary amides is 2. The quantitative estimate of drug-likeness (QED) is 0.777. The van der Waals surface area contributed by atoms with Crippen LogP contribution in [0.5, 0.6) is 11.5 Å². The highest BCUT2D eigenvalue weighted by Gasteiger charge is 2.23. The van der Waals surface area contributed by atoms with Crippen LogP contribution in [0.25, 0.3) is 10.4 Å². The fraction of sp³-hybridized carbons (Fsp3) is 0.200. The molecule has 8 heteroatoms. The van der Waals surface area contributed by atoms with Gasteiger partial charge in [0.15, 0.2) is 11.5 Å². The molecule has 1 aromatic heterocycles. The van der Waals surface area contributed by atoms with Gasteiger partial charge in [-0.1, -0.05) is 6.07 Å². The molecule has 0 aliphatic heterocycles. The van der Waals surface area contributed by atoms with Crippen LogP contribution in [0.15, 0.2) is 18.2 Å². The third-order valence-electron chi connectivity index (χ3n) is 3.28. The van der Waals surface area contributed by atoms with Gasteiger partial charge in [-0.2, -0.15) is 0 Å². The summed E-state index contributed by atoms with van der Waals surface area (Å²) >= 11 is 1.20. The molecule has 0 fully saturated rings. The fourth-order valence-electron chi connectivity index (χ4n) is 2.33. The largest absolute Gasteiger partial charge is 0.493 e. The van der Waals surface area contributed by atoms with Crippen molar-refractivity contribution in [3.8, 4) is 21.9 Å². The number of carbonyl (C=O) groups is 2. The van der Waals surface area contributed by atoms with Crippen molar-refractivity contribution < 1.29 is 19.1 Å². The van der Waals surface area contributed by atoms with Gasteiger partial charge in [-0.05, 0) is 24.6 Å². The summed E-state index contributed by atoms with van der Waals surface area (Å²) < 4.78 is 10.7. The van der Waals surface area contributed by atoms with Gasteiger partial charge in [0.05, 0.1) is 19.8 Å². The van der Waals surface area contributed by atoms with Gasteiger partial charge in [0, 0.05) is 10.4 Å². The zero-order valence-corrected chi connectivity index (χ0v) is 13.7. The number of rotatable bonds is 5. The van der Waals surface area contributed by atoms with Crippen molar-refractivity contribution in [3.05, 3.63) is 29.3 Å². The molecule has 1 aromatic carbocycles. The molecule has 23 heavy (non-hydrogen) atoms. The molecular weight excluding hydrogens is 318 g/mol. The predicted molar refractivity (Wildman–Crippen MR) is 89.3 cm³/mol. The van der Waals surface area contributed by atoms with E-state index in [9.17, 15) is 9.59 Å². The lowest BCUT2D eigenvalue weighted by Crippen LogP contribution is -2.21. The van der Waals surface area contributed by atoms with Crippen LogP contribution >= 0.6 is 11.3 Å². The molecule has 0 radical (unpaired) electrons. The zero-order chi connectivity index (χ0) is 17.1. The Kier molecular flexibility index (Phi) is 4.75. The summed E-state index contributed by atoms with van der Waals surface area (Å²) in [5.74, 6) is 0.444. The van der Waals surface area contributed by atoms with Gasteiger partial charge in [-0.3, -0.25) is 10.1 Å². The predicted octanol–water partition coefficient (Wildman–Crippen LogP) is 2.33. The number of hydrogen-bond donors (Lipinski definition) is 3. The van der Waals surface area contributed by atoms with Crippen LogP contribution in [0.1, 0.15) is 15.9 Å². The Balaban J connectivity index is 2.70. The van der Waals surface area contributed by atoms with E-state index >= 15 is 0 Å². The van der Waals surface area contributed by atoms with E-state index in [1.165, 1.54) is 25.6 Å². The fourth-order valence-corrected chi connectivity index (χ4v) is 3.57. The molecule has 0 saturated carbocycles. The number of benzene rings is 1. The van der Waals surface area contributed by atoms with Crippen LogP contribution in [0.2, 0.25) is 0 Å². The van der Waals surface area contributed by atoms with E-state index in [0.29, 0.717) is 22.1 Å². The summed E-state index contributed by atoms with van der Waals surface area (Å²) in [6.07, 6.45) is 0. The van der Waals surface area contributed by atoms with Gasteiger partial charge in [0.2, 0.25) is 0 Å². The molecule has 1 heterocycles. The molecule has 0 aliphatic carbocycles. The van der Waals surface area contributed by atoms with Crippen LogP contribution in [-0.2, 0) is 0 Å². The summed E-state index contributed by atoms with van der Waals surface area (Å²) in [5.41, 5.74) is 12.2. The van der Waals surface area contributed by atoms with Crippen molar-refractivity contribution >= 4 is 28.3 Å². The summed E-state index contributed by atoms with van der Waals surface area (Å²) in [6, 6.07) is 4.64. The first-order chi connectivity index (χ1) is 10.9. The third-order valence-corrected chi connectivity index (χ3v) is 4.52. The summed E-state index contributed by atoms with van der Waals surface area (Å²) in [7, 11) is 3.07. The highest BCUT2D eigenvalue weighted by atomic mass is 32.1. The first-order valence-electron chi connectivity index (χ1n) is 6.61. The van der Waals surface area contributed by atoms with E-state index in [1.807, 2.05) is 6.07 Å². The highest BCUT2D eigenvalue weighted by Crippen LogP contribution is 2.45. The number of urea groups is 1. The molecule has 0 unspecified atom stereocenters. The first kappa shape index (κ1) is 16.6. The Morgan fingerprint density at radius 3 is 2.39 bits per heavy atom. The molecule has 3 amide bonds. The monoisotopic (exact) mass is 335 g/mol. The van der Waals surface area contributed by atoms with Crippen LogP contribution in [0, 0.1) is 6.92 Å². The standard InChI is InChI=1S/C15H17N3O4S/c1-7-10(13(16)19)14(18-15(17)20)23-12(7)8-5-4-6-9(21-2)11(8)22-3/h4-6H,1-3H3,(H2,16,19)(H3,17,18,20). The van der Waals surface area contributed by atoms with Crippen molar-refractivity contribution in [1.82, 2.24) is 0 Å². The van der Waals surface area contributed by atoms with Crippen LogP contribution in [0.3, 0.4) is 0 Å². The van der Waals surface area contributed by atoms with Crippen molar-refractivity contribution in [2.24, 2.45) is 11.5 Å². The number of amides is 3. The van der Waals surface area contributed by atoms with Gasteiger partial charge in [-0.15, -0.1) is 11.3 Å². The van der Waals surface area contributed by atoms with Crippen molar-refractivity contribution in [3.63, 3.8) is 0 Å². The zero-order valence-electron chi connectivity index (χ0n) is 12.9. The number of para-hydroxylation sites is 1. The van der Waals surface area contributed by atoms with Crippen molar-refractivity contribution in [2.45, 2.75) is 6.92 Å². The van der Waals surface area contributed by atoms with E-state index in [-0.39, 0.29) is 5.56 Å². The van der Waals surface area contributed by atoms with Crippen LogP contribution in [0.4, 0.5) is 9.80 Å². The molecule has 5 N–H and O–H groups in total. The average Bonchev–Trinajstić information content (AvgIpc) is 2.81. The second-order valence-corrected chi connectivity index (χ2v) is 5.68. The molecule has 2 rings (SSSR count). The van der Waals surface area contributed by atoms with Crippen molar-refractivity contribution in [1.29, 1.82) is 0 Å². The number of nitrogens with two attached hydrogens (primary N) is 2. The number of methoxy groups -OCH3 is 2. The third kappa shape index (κ3) is 3.07. The summed E-state index contributed by atoms with van der Waals surface area (Å²) in [5, 5.41) is 2.74. The molecule has 2 aromatic rings. The van der Waals surface area contributed by atoms with Gasteiger partial charge in [0.1, 0.15) is 5.00 Å². The van der Waals surface area contributed by atoms with E-state index in [4.69, 9.17) is 20.9 Å². The second-order valence-electron chi connectivity index (χ2n) is 4.65. The van der Waals surface area contributed by atoms with E-state index < -0.39 is 11.9 Å². The Bertz CT molecular complexity index is 770. The Hall–Kier alpha value is -2.74. The lowest BCUT2D eigenvalue weighted by molar-refractivity contribution is 0.100. The number of anilines is 1. The Morgan fingerprint density at radius 2 is 1.87 bits per heavy atom. The number of nitrogens with one attached hydrogen (secondary N) is 1. The van der Waals surface area contributed by atoms with E-state index in [0.717, 1.165) is 10.4 Å². The second kappa shape index (κ2) is 6.57. The molecular formula is C15H17N3O4S. The SMILES string of the molecule is COc1cccc(-c2sc(NC(N)=O)c(C(N)=O)c2C)c1OC. The Labute approximate surface area is 137 Å². The minimum absolute atomic E-state index is 0.230. The van der Waals surface area contributed by atoms with Crippen molar-refractivity contribution in [2.75, 3.05) is 19.5 Å². The number of ether oxygens (including phenoxy) is 2. The Morgan fingerprint density at radius 1 is 1.17 bits per heavy atom. The van der Waals surface area contributed by atoms with Gasteiger partial charge in [-0.25, -0.2) is 4.79 Å². The van der Waals surface area contributed by atoms with Crippen LogP contribution in [-0.4, -0.2) is 26.2 Å². The van der Waals surface area contributed by atoms with E-state index in [2.05, 4.69) is 5.32 Å².